The maximum absolute atomic E-state index is 5.85. The van der Waals surface area contributed by atoms with Crippen LogP contribution in [0.1, 0.15) is 122 Å². The topological polar surface area (TPSA) is 44.5 Å². The van der Waals surface area contributed by atoms with E-state index in [4.69, 9.17) is 14.0 Å². The molecule has 266 valence electrons. The molecule has 0 spiro atoms. The Hall–Kier alpha value is -4.31. The standard InChI is InChI=1S/C23H27NO2.C23H32O/c1-4-5-6-15-25-21-13-11-20(12-14-21)23-16-22(24-26-23)19-9-7-18(8-10-19)17(2)3;1-4-5-6-7-8-9-18-24-23-16-14-22(15-17-23)21-12-10-20(11-13-21)19(2)3/h7-14,16-17H,4-6,15H2,1-3H3;10-17,19H,4-9,18H2,1-3H3. The molecule has 0 N–H and O–H groups in total. The molecule has 0 radical (unpaired) electrons. The van der Waals surface area contributed by atoms with Gasteiger partial charge in [0.2, 0.25) is 0 Å². The molecule has 0 aliphatic carbocycles. The van der Waals surface area contributed by atoms with Gasteiger partial charge in [-0.1, -0.05) is 152 Å². The van der Waals surface area contributed by atoms with Crippen molar-refractivity contribution in [1.29, 1.82) is 0 Å². The number of hydrogen-bond acceptors (Lipinski definition) is 4. The van der Waals surface area contributed by atoms with E-state index in [1.54, 1.807) is 0 Å². The van der Waals surface area contributed by atoms with Crippen molar-refractivity contribution in [1.82, 2.24) is 5.16 Å². The molecule has 5 aromatic rings. The Kier molecular flexibility index (Phi) is 16.2. The van der Waals surface area contributed by atoms with Gasteiger partial charge < -0.3 is 14.0 Å². The van der Waals surface area contributed by atoms with E-state index >= 15 is 0 Å². The molecule has 0 unspecified atom stereocenters. The van der Waals surface area contributed by atoms with E-state index in [-0.39, 0.29) is 0 Å². The summed E-state index contributed by atoms with van der Waals surface area (Å²) in [6.07, 6.45) is 11.3. The molecule has 1 heterocycles. The largest absolute Gasteiger partial charge is 0.494 e. The van der Waals surface area contributed by atoms with Crippen LogP contribution >= 0.6 is 0 Å². The molecule has 0 bridgehead atoms. The van der Waals surface area contributed by atoms with Crippen LogP contribution in [0.25, 0.3) is 33.7 Å². The molecule has 0 saturated carbocycles. The third-order valence-electron chi connectivity index (χ3n) is 9.07. The number of unbranched alkanes of at least 4 members (excludes halogenated alkanes) is 7. The van der Waals surface area contributed by atoms with Crippen molar-refractivity contribution < 1.29 is 14.0 Å². The maximum atomic E-state index is 5.85. The van der Waals surface area contributed by atoms with Crippen LogP contribution in [-0.2, 0) is 0 Å². The second kappa shape index (κ2) is 21.0. The zero-order valence-corrected chi connectivity index (χ0v) is 31.4. The van der Waals surface area contributed by atoms with Gasteiger partial charge in [0.15, 0.2) is 5.76 Å². The molecular weight excluding hydrogens is 615 g/mol. The van der Waals surface area contributed by atoms with Gasteiger partial charge >= 0.3 is 0 Å². The average Bonchev–Trinajstić information content (AvgIpc) is 3.64. The fourth-order valence-corrected chi connectivity index (χ4v) is 5.72. The lowest BCUT2D eigenvalue weighted by molar-refractivity contribution is 0.304. The first-order chi connectivity index (χ1) is 24.4. The summed E-state index contributed by atoms with van der Waals surface area (Å²) in [5.74, 6) is 3.75. The van der Waals surface area contributed by atoms with E-state index in [1.165, 1.54) is 67.2 Å². The molecule has 0 fully saturated rings. The number of nitrogens with zero attached hydrogens (tertiary/aromatic N) is 1. The summed E-state index contributed by atoms with van der Waals surface area (Å²) in [5, 5.41) is 4.22. The SMILES string of the molecule is CCCCCCCCOc1ccc(-c2ccc(C(C)C)cc2)cc1.CCCCCOc1ccc(-c2cc(-c3ccc(C(C)C)cc3)no2)cc1. The number of aromatic nitrogens is 1. The Labute approximate surface area is 302 Å². The van der Waals surface area contributed by atoms with Gasteiger partial charge in [-0.15, -0.1) is 0 Å². The van der Waals surface area contributed by atoms with Gasteiger partial charge in [0, 0.05) is 17.2 Å². The van der Waals surface area contributed by atoms with Gasteiger partial charge in [0.25, 0.3) is 0 Å². The third kappa shape index (κ3) is 12.5. The van der Waals surface area contributed by atoms with Crippen molar-refractivity contribution in [2.45, 2.75) is 111 Å². The number of ether oxygens (including phenoxy) is 2. The lowest BCUT2D eigenvalue weighted by Gasteiger charge is -2.09. The van der Waals surface area contributed by atoms with Crippen LogP contribution in [0.5, 0.6) is 11.5 Å². The predicted octanol–water partition coefficient (Wildman–Crippen LogP) is 13.9. The van der Waals surface area contributed by atoms with Crippen LogP contribution in [-0.4, -0.2) is 18.4 Å². The highest BCUT2D eigenvalue weighted by Gasteiger charge is 2.10. The zero-order chi connectivity index (χ0) is 35.6. The van der Waals surface area contributed by atoms with E-state index in [1.807, 2.05) is 30.3 Å². The minimum atomic E-state index is 0.527. The van der Waals surface area contributed by atoms with Crippen LogP contribution < -0.4 is 9.47 Å². The number of rotatable bonds is 18. The van der Waals surface area contributed by atoms with Crippen molar-refractivity contribution in [2.24, 2.45) is 0 Å². The van der Waals surface area contributed by atoms with Crippen LogP contribution in [0.4, 0.5) is 0 Å². The molecule has 4 nitrogen and oxygen atoms in total. The van der Waals surface area contributed by atoms with Crippen LogP contribution in [0.3, 0.4) is 0 Å². The van der Waals surface area contributed by atoms with E-state index in [2.05, 4.69) is 119 Å². The van der Waals surface area contributed by atoms with Crippen molar-refractivity contribution in [3.8, 4) is 45.2 Å². The molecule has 0 amide bonds. The Morgan fingerprint density at radius 3 is 1.38 bits per heavy atom. The van der Waals surface area contributed by atoms with Gasteiger partial charge in [-0.3, -0.25) is 0 Å². The fourth-order valence-electron chi connectivity index (χ4n) is 5.72. The number of benzene rings is 4. The summed E-state index contributed by atoms with van der Waals surface area (Å²) in [7, 11) is 0. The van der Waals surface area contributed by atoms with Crippen LogP contribution in [0.15, 0.2) is 108 Å². The Morgan fingerprint density at radius 1 is 0.480 bits per heavy atom. The molecule has 0 aliphatic heterocycles. The normalized spacial score (nSPS) is 11.0. The number of hydrogen-bond donors (Lipinski definition) is 0. The monoisotopic (exact) mass is 673 g/mol. The molecule has 0 aliphatic rings. The maximum Gasteiger partial charge on any atom is 0.167 e. The smallest absolute Gasteiger partial charge is 0.167 e. The molecule has 5 rings (SSSR count). The van der Waals surface area contributed by atoms with E-state index in [0.29, 0.717) is 11.8 Å². The summed E-state index contributed by atoms with van der Waals surface area (Å²) in [6, 6.07) is 35.8. The Bertz CT molecular complexity index is 1620. The van der Waals surface area contributed by atoms with Gasteiger partial charge in [-0.05, 0) is 83.3 Å². The first kappa shape index (κ1) is 38.5. The summed E-state index contributed by atoms with van der Waals surface area (Å²) < 4.78 is 17.2. The Balaban J connectivity index is 0.000000226. The molecule has 4 heteroatoms. The second-order valence-electron chi connectivity index (χ2n) is 13.9. The van der Waals surface area contributed by atoms with Gasteiger partial charge in [0.1, 0.15) is 17.2 Å². The van der Waals surface area contributed by atoms with Crippen molar-refractivity contribution in [3.63, 3.8) is 0 Å². The third-order valence-corrected chi connectivity index (χ3v) is 9.07. The van der Waals surface area contributed by atoms with E-state index < -0.39 is 0 Å². The van der Waals surface area contributed by atoms with Crippen molar-refractivity contribution >= 4 is 0 Å². The van der Waals surface area contributed by atoms with E-state index in [9.17, 15) is 0 Å². The first-order valence-corrected chi connectivity index (χ1v) is 19.0. The average molecular weight is 674 g/mol. The second-order valence-corrected chi connectivity index (χ2v) is 13.9. The van der Waals surface area contributed by atoms with Crippen molar-refractivity contribution in [3.05, 3.63) is 114 Å². The summed E-state index contributed by atoms with van der Waals surface area (Å²) in [5.41, 5.74) is 8.16. The fraction of sp³-hybridized carbons (Fsp3) is 0.413. The zero-order valence-electron chi connectivity index (χ0n) is 31.4. The molecule has 1 aromatic heterocycles. The highest BCUT2D eigenvalue weighted by molar-refractivity contribution is 5.67. The highest BCUT2D eigenvalue weighted by Crippen LogP contribution is 2.29. The lowest BCUT2D eigenvalue weighted by Crippen LogP contribution is -1.97. The molecule has 4 aromatic carbocycles. The molecule has 0 saturated heterocycles. The molecule has 50 heavy (non-hydrogen) atoms. The minimum Gasteiger partial charge on any atom is -0.494 e. The summed E-state index contributed by atoms with van der Waals surface area (Å²) in [6.45, 7) is 14.9. The Morgan fingerprint density at radius 2 is 0.880 bits per heavy atom. The van der Waals surface area contributed by atoms with Crippen LogP contribution in [0.2, 0.25) is 0 Å². The van der Waals surface area contributed by atoms with Crippen molar-refractivity contribution in [2.75, 3.05) is 13.2 Å². The van der Waals surface area contributed by atoms with Gasteiger partial charge in [0.05, 0.1) is 13.2 Å². The highest BCUT2D eigenvalue weighted by atomic mass is 16.5. The van der Waals surface area contributed by atoms with E-state index in [0.717, 1.165) is 60.1 Å². The summed E-state index contributed by atoms with van der Waals surface area (Å²) in [4.78, 5) is 0. The summed E-state index contributed by atoms with van der Waals surface area (Å²) >= 11 is 0. The molecule has 0 atom stereocenters. The minimum absolute atomic E-state index is 0.527. The predicted molar refractivity (Wildman–Crippen MR) is 211 cm³/mol. The van der Waals surface area contributed by atoms with Gasteiger partial charge in [-0.2, -0.15) is 0 Å². The first-order valence-electron chi connectivity index (χ1n) is 19.0. The molecular formula is C46H59NO3. The quantitative estimate of drug-likeness (QED) is 0.0868. The van der Waals surface area contributed by atoms with Gasteiger partial charge in [-0.25, -0.2) is 0 Å². The van der Waals surface area contributed by atoms with Crippen LogP contribution in [0, 0.1) is 0 Å². The lowest BCUT2D eigenvalue weighted by atomic mass is 9.99.